The van der Waals surface area contributed by atoms with Gasteiger partial charge in [0.15, 0.2) is 0 Å². The molecule has 1 aromatic carbocycles. The fraction of sp³-hybridized carbons (Fsp3) is 0.385. The first-order chi connectivity index (χ1) is 6.92. The van der Waals surface area contributed by atoms with Crippen LogP contribution >= 0.6 is 0 Å². The van der Waals surface area contributed by atoms with Crippen LogP contribution in [0.1, 0.15) is 31.9 Å². The van der Waals surface area contributed by atoms with Gasteiger partial charge in [-0.2, -0.15) is 0 Å². The number of hydrogen-bond acceptors (Lipinski definition) is 2. The molecule has 0 saturated heterocycles. The van der Waals surface area contributed by atoms with Gasteiger partial charge in [-0.25, -0.2) is 0 Å². The Labute approximate surface area is 91.2 Å². The molecule has 0 aliphatic heterocycles. The molecule has 0 amide bonds. The molecule has 2 nitrogen and oxygen atoms in total. The van der Waals surface area contributed by atoms with Crippen molar-refractivity contribution in [2.45, 2.75) is 33.0 Å². The van der Waals surface area contributed by atoms with Crippen LogP contribution in [0.3, 0.4) is 0 Å². The number of aromatic hydroxyl groups is 1. The lowest BCUT2D eigenvalue weighted by molar-refractivity contribution is -0.0150. The maximum Gasteiger partial charge on any atom is 0.115 e. The lowest BCUT2D eigenvalue weighted by atomic mass is 10.1. The molecule has 2 heteroatoms. The van der Waals surface area contributed by atoms with Gasteiger partial charge in [-0.1, -0.05) is 18.7 Å². The van der Waals surface area contributed by atoms with Crippen LogP contribution in [0.15, 0.2) is 24.8 Å². The molecule has 1 N–H and O–H groups in total. The second-order valence-corrected chi connectivity index (χ2v) is 4.49. The Kier molecular flexibility index (Phi) is 3.53. The zero-order chi connectivity index (χ0) is 11.5. The second kappa shape index (κ2) is 4.49. The van der Waals surface area contributed by atoms with Crippen molar-refractivity contribution in [3.8, 4) is 5.75 Å². The van der Waals surface area contributed by atoms with Gasteiger partial charge < -0.3 is 9.84 Å². The van der Waals surface area contributed by atoms with E-state index in [1.165, 1.54) is 0 Å². The van der Waals surface area contributed by atoms with Crippen molar-refractivity contribution in [3.05, 3.63) is 35.9 Å². The third-order valence-corrected chi connectivity index (χ3v) is 2.01. The van der Waals surface area contributed by atoms with E-state index in [1.807, 2.05) is 26.8 Å². The highest BCUT2D eigenvalue weighted by molar-refractivity contribution is 5.53. The summed E-state index contributed by atoms with van der Waals surface area (Å²) in [6, 6.07) is 5.20. The van der Waals surface area contributed by atoms with Gasteiger partial charge in [0.1, 0.15) is 5.75 Å². The van der Waals surface area contributed by atoms with Crippen molar-refractivity contribution in [2.75, 3.05) is 0 Å². The summed E-state index contributed by atoms with van der Waals surface area (Å²) < 4.78 is 5.65. The largest absolute Gasteiger partial charge is 0.508 e. The normalized spacial score (nSPS) is 11.4. The first-order valence-electron chi connectivity index (χ1n) is 5.00. The highest BCUT2D eigenvalue weighted by atomic mass is 16.5. The van der Waals surface area contributed by atoms with E-state index in [2.05, 4.69) is 6.58 Å². The predicted octanol–water partition coefficient (Wildman–Crippen LogP) is 3.35. The van der Waals surface area contributed by atoms with E-state index in [0.29, 0.717) is 6.61 Å². The van der Waals surface area contributed by atoms with E-state index in [9.17, 15) is 5.11 Å². The minimum Gasteiger partial charge on any atom is -0.508 e. The number of rotatable bonds is 3. The Bertz CT molecular complexity index is 348. The van der Waals surface area contributed by atoms with Crippen LogP contribution in [0.25, 0.3) is 6.08 Å². The number of phenols is 1. The Morgan fingerprint density at radius 2 is 2.07 bits per heavy atom. The minimum absolute atomic E-state index is 0.177. The van der Waals surface area contributed by atoms with E-state index in [1.54, 1.807) is 18.2 Å². The van der Waals surface area contributed by atoms with Crippen LogP contribution in [-0.2, 0) is 11.3 Å². The van der Waals surface area contributed by atoms with E-state index >= 15 is 0 Å². The summed E-state index contributed by atoms with van der Waals surface area (Å²) in [5.41, 5.74) is 1.78. The van der Waals surface area contributed by atoms with E-state index in [4.69, 9.17) is 4.74 Å². The molecule has 0 aliphatic rings. The lowest BCUT2D eigenvalue weighted by Gasteiger charge is -2.20. The molecular weight excluding hydrogens is 188 g/mol. The molecule has 0 saturated carbocycles. The number of ether oxygens (including phenoxy) is 1. The molecule has 15 heavy (non-hydrogen) atoms. The van der Waals surface area contributed by atoms with Crippen molar-refractivity contribution >= 4 is 6.08 Å². The van der Waals surface area contributed by atoms with Gasteiger partial charge in [-0.15, -0.1) is 0 Å². The molecule has 0 heterocycles. The summed E-state index contributed by atoms with van der Waals surface area (Å²) in [7, 11) is 0. The van der Waals surface area contributed by atoms with E-state index < -0.39 is 0 Å². The monoisotopic (exact) mass is 206 g/mol. The molecule has 0 spiro atoms. The number of phenolic OH excluding ortho intramolecular Hbond substituents is 1. The number of benzene rings is 1. The van der Waals surface area contributed by atoms with Crippen molar-refractivity contribution in [2.24, 2.45) is 0 Å². The Morgan fingerprint density at radius 3 is 2.60 bits per heavy atom. The molecule has 0 bridgehead atoms. The maximum absolute atomic E-state index is 9.37. The molecule has 0 radical (unpaired) electrons. The summed E-state index contributed by atoms with van der Waals surface area (Å²) in [5.74, 6) is 0.258. The Hall–Kier alpha value is -1.28. The number of hydrogen-bond donors (Lipinski definition) is 1. The average Bonchev–Trinajstić information content (AvgIpc) is 2.14. The van der Waals surface area contributed by atoms with Crippen LogP contribution in [0.5, 0.6) is 5.75 Å². The second-order valence-electron chi connectivity index (χ2n) is 4.49. The summed E-state index contributed by atoms with van der Waals surface area (Å²) >= 11 is 0. The zero-order valence-corrected chi connectivity index (χ0v) is 9.58. The van der Waals surface area contributed by atoms with Crippen LogP contribution in [0.2, 0.25) is 0 Å². The van der Waals surface area contributed by atoms with Crippen molar-refractivity contribution < 1.29 is 9.84 Å². The molecule has 82 valence electrons. The molecular formula is C13H18O2. The predicted molar refractivity (Wildman–Crippen MR) is 62.7 cm³/mol. The topological polar surface area (TPSA) is 29.5 Å². The first kappa shape index (κ1) is 11.8. The van der Waals surface area contributed by atoms with Gasteiger partial charge >= 0.3 is 0 Å². The molecule has 0 aliphatic carbocycles. The Morgan fingerprint density at radius 1 is 1.40 bits per heavy atom. The highest BCUT2D eigenvalue weighted by Crippen LogP contribution is 2.20. The van der Waals surface area contributed by atoms with Crippen molar-refractivity contribution in [1.29, 1.82) is 0 Å². The summed E-state index contributed by atoms with van der Waals surface area (Å²) in [6.07, 6.45) is 1.76. The van der Waals surface area contributed by atoms with Gasteiger partial charge in [-0.05, 0) is 44.0 Å². The van der Waals surface area contributed by atoms with Gasteiger partial charge in [0.25, 0.3) is 0 Å². The van der Waals surface area contributed by atoms with Crippen molar-refractivity contribution in [1.82, 2.24) is 0 Å². The minimum atomic E-state index is -0.177. The molecule has 1 aromatic rings. The Balaban J connectivity index is 2.83. The fourth-order valence-electron chi connectivity index (χ4n) is 1.21. The zero-order valence-electron chi connectivity index (χ0n) is 9.58. The summed E-state index contributed by atoms with van der Waals surface area (Å²) in [5, 5.41) is 9.37. The summed E-state index contributed by atoms with van der Waals surface area (Å²) in [6.45, 7) is 10.2. The lowest BCUT2D eigenvalue weighted by Crippen LogP contribution is -2.18. The van der Waals surface area contributed by atoms with Gasteiger partial charge in [0, 0.05) is 0 Å². The molecule has 0 unspecified atom stereocenters. The first-order valence-corrected chi connectivity index (χ1v) is 5.00. The SMILES string of the molecule is C=Cc1ccc(O)cc1COC(C)(C)C. The highest BCUT2D eigenvalue weighted by Gasteiger charge is 2.11. The molecule has 1 rings (SSSR count). The third kappa shape index (κ3) is 3.76. The van der Waals surface area contributed by atoms with Gasteiger partial charge in [0.05, 0.1) is 12.2 Å². The van der Waals surface area contributed by atoms with Gasteiger partial charge in [-0.3, -0.25) is 0 Å². The van der Waals surface area contributed by atoms with Crippen LogP contribution < -0.4 is 0 Å². The van der Waals surface area contributed by atoms with Crippen molar-refractivity contribution in [3.63, 3.8) is 0 Å². The van der Waals surface area contributed by atoms with E-state index in [0.717, 1.165) is 11.1 Å². The van der Waals surface area contributed by atoms with E-state index in [-0.39, 0.29) is 11.4 Å². The standard InChI is InChI=1S/C13H18O2/c1-5-10-6-7-12(14)8-11(10)9-15-13(2,3)4/h5-8,14H,1,9H2,2-4H3. The van der Waals surface area contributed by atoms with Gasteiger partial charge in [0.2, 0.25) is 0 Å². The van der Waals surface area contributed by atoms with Crippen LogP contribution in [0.4, 0.5) is 0 Å². The molecule has 0 aromatic heterocycles. The van der Waals surface area contributed by atoms with Crippen LogP contribution in [-0.4, -0.2) is 10.7 Å². The maximum atomic E-state index is 9.37. The van der Waals surface area contributed by atoms with Crippen LogP contribution in [0, 0.1) is 0 Å². The average molecular weight is 206 g/mol. The molecule has 0 fully saturated rings. The third-order valence-electron chi connectivity index (χ3n) is 2.01. The fourth-order valence-corrected chi connectivity index (χ4v) is 1.21. The molecule has 0 atom stereocenters. The smallest absolute Gasteiger partial charge is 0.115 e. The summed E-state index contributed by atoms with van der Waals surface area (Å²) in [4.78, 5) is 0. The quantitative estimate of drug-likeness (QED) is 0.821.